The molecule has 0 atom stereocenters. The van der Waals surface area contributed by atoms with E-state index < -0.39 is 22.0 Å². The van der Waals surface area contributed by atoms with Crippen LogP contribution in [0.4, 0.5) is 9.18 Å². The van der Waals surface area contributed by atoms with Crippen molar-refractivity contribution >= 4 is 16.3 Å². The third-order valence-electron chi connectivity index (χ3n) is 1.80. The van der Waals surface area contributed by atoms with Crippen molar-refractivity contribution in [3.8, 4) is 0 Å². The second kappa shape index (κ2) is 5.38. The van der Waals surface area contributed by atoms with Crippen molar-refractivity contribution in [2.75, 3.05) is 33.1 Å². The Balaban J connectivity index is 3.88. The highest BCUT2D eigenvalue weighted by Gasteiger charge is 2.15. The fraction of sp³-hybridized carbons (Fsp3) is 0.857. The highest BCUT2D eigenvalue weighted by Crippen LogP contribution is 1.99. The number of amides is 1. The average molecular weight is 242 g/mol. The number of nitrogens with one attached hydrogen (secondary N) is 1. The summed E-state index contributed by atoms with van der Waals surface area (Å²) < 4.78 is 42.9. The molecule has 0 radical (unpaired) electrons. The Morgan fingerprint density at radius 3 is 2.40 bits per heavy atom. The van der Waals surface area contributed by atoms with Crippen molar-refractivity contribution in [3.63, 3.8) is 0 Å². The van der Waals surface area contributed by atoms with E-state index in [4.69, 9.17) is 0 Å². The summed E-state index contributed by atoms with van der Waals surface area (Å²) in [6.07, 6.45) is -1.45. The van der Waals surface area contributed by atoms with Crippen LogP contribution in [0.5, 0.6) is 0 Å². The lowest BCUT2D eigenvalue weighted by atomic mass is 10.4. The van der Waals surface area contributed by atoms with Gasteiger partial charge in [0, 0.05) is 12.2 Å². The zero-order valence-corrected chi connectivity index (χ0v) is 9.51. The van der Waals surface area contributed by atoms with Crippen molar-refractivity contribution in [1.82, 2.24) is 5.32 Å². The molecule has 0 saturated heterocycles. The summed E-state index contributed by atoms with van der Waals surface area (Å²) in [4.78, 5) is 9.99. The maximum Gasteiger partial charge on any atom is 0.401 e. The molecule has 1 N–H and O–H groups in total. The smallest absolute Gasteiger partial charge is 0.401 e. The first-order valence-electron chi connectivity index (χ1n) is 4.31. The molecule has 0 aliphatic heterocycles. The summed E-state index contributed by atoms with van der Waals surface area (Å²) in [7, 11) is -0.824. The van der Waals surface area contributed by atoms with Gasteiger partial charge in [-0.25, -0.2) is 13.2 Å². The molecule has 15 heavy (non-hydrogen) atoms. The van der Waals surface area contributed by atoms with Gasteiger partial charge < -0.3 is 9.04 Å². The van der Waals surface area contributed by atoms with Crippen molar-refractivity contribution in [3.05, 3.63) is 0 Å². The molecular formula is C7H15FN2O4S. The number of nitrogens with zero attached hydrogens (tertiary/aromatic N) is 1. The Hall–Kier alpha value is -0.730. The second-order valence-electron chi connectivity index (χ2n) is 3.88. The van der Waals surface area contributed by atoms with Gasteiger partial charge in [0.2, 0.25) is 0 Å². The molecule has 0 fully saturated rings. The third kappa shape index (κ3) is 9.57. The minimum absolute atomic E-state index is 0.0498. The molecule has 90 valence electrons. The Morgan fingerprint density at radius 2 is 2.00 bits per heavy atom. The number of halogens is 1. The molecule has 0 unspecified atom stereocenters. The SMILES string of the molecule is C[N+](C)(CCCS(=O)(=O)[O-])CNC(=O)F. The number of quaternary nitrogens is 1. The quantitative estimate of drug-likeness (QED) is 0.226. The van der Waals surface area contributed by atoms with Crippen molar-refractivity contribution in [1.29, 1.82) is 0 Å². The Morgan fingerprint density at radius 1 is 1.47 bits per heavy atom. The number of carbonyl (C=O) groups is 1. The van der Waals surface area contributed by atoms with Crippen LogP contribution in [0.3, 0.4) is 0 Å². The predicted molar refractivity (Wildman–Crippen MR) is 50.7 cm³/mol. The van der Waals surface area contributed by atoms with Gasteiger partial charge in [-0.15, -0.1) is 4.39 Å². The lowest BCUT2D eigenvalue weighted by Crippen LogP contribution is -2.48. The maximum atomic E-state index is 11.8. The van der Waals surface area contributed by atoms with Crippen LogP contribution >= 0.6 is 0 Å². The Bertz CT molecular complexity index is 315. The van der Waals surface area contributed by atoms with Crippen LogP contribution in [0.25, 0.3) is 0 Å². The summed E-state index contributed by atoms with van der Waals surface area (Å²) in [6.45, 7) is 0.413. The summed E-state index contributed by atoms with van der Waals surface area (Å²) >= 11 is 0. The van der Waals surface area contributed by atoms with Crippen molar-refractivity contribution in [2.24, 2.45) is 0 Å². The van der Waals surface area contributed by atoms with Crippen LogP contribution in [-0.2, 0) is 10.1 Å². The van der Waals surface area contributed by atoms with Gasteiger partial charge in [0.1, 0.15) is 0 Å². The van der Waals surface area contributed by atoms with E-state index >= 15 is 0 Å². The van der Waals surface area contributed by atoms with E-state index in [1.807, 2.05) is 5.32 Å². The monoisotopic (exact) mass is 242 g/mol. The standard InChI is InChI=1S/C7H15FN2O4S/c1-10(2,6-9-7(8)11)4-3-5-15(12,13)14/h3-6H2,1-2H3,(H-,9,11,12,13,14). The fourth-order valence-electron chi connectivity index (χ4n) is 1.02. The van der Waals surface area contributed by atoms with Crippen molar-refractivity contribution in [2.45, 2.75) is 6.42 Å². The molecule has 0 bridgehead atoms. The van der Waals surface area contributed by atoms with Gasteiger partial charge >= 0.3 is 6.16 Å². The fourth-order valence-corrected chi connectivity index (χ4v) is 1.51. The molecule has 0 aromatic rings. The zero-order chi connectivity index (χ0) is 12.1. The Labute approximate surface area is 88.4 Å². The lowest BCUT2D eigenvalue weighted by Gasteiger charge is -2.29. The molecule has 0 aliphatic carbocycles. The number of hydrogen-bond acceptors (Lipinski definition) is 4. The van der Waals surface area contributed by atoms with Gasteiger partial charge in [0.05, 0.1) is 30.8 Å². The average Bonchev–Trinajstić information content (AvgIpc) is 1.98. The van der Waals surface area contributed by atoms with E-state index in [1.54, 1.807) is 14.1 Å². The second-order valence-corrected chi connectivity index (χ2v) is 5.41. The minimum Gasteiger partial charge on any atom is -0.748 e. The zero-order valence-electron chi connectivity index (χ0n) is 8.69. The van der Waals surface area contributed by atoms with E-state index in [1.165, 1.54) is 0 Å². The van der Waals surface area contributed by atoms with Gasteiger partial charge in [-0.3, -0.25) is 5.32 Å². The van der Waals surface area contributed by atoms with Gasteiger partial charge in [0.25, 0.3) is 0 Å². The third-order valence-corrected chi connectivity index (χ3v) is 2.59. The van der Waals surface area contributed by atoms with Crippen LogP contribution in [0, 0.1) is 0 Å². The highest BCUT2D eigenvalue weighted by molar-refractivity contribution is 7.85. The molecule has 0 spiro atoms. The number of carbonyl (C=O) groups excluding carboxylic acids is 1. The molecule has 0 aromatic carbocycles. The molecule has 0 aromatic heterocycles. The van der Waals surface area contributed by atoms with Crippen LogP contribution in [0.15, 0.2) is 0 Å². The van der Waals surface area contributed by atoms with Gasteiger partial charge in [-0.2, -0.15) is 0 Å². The predicted octanol–water partition coefficient (Wildman–Crippen LogP) is -0.365. The molecule has 6 nitrogen and oxygen atoms in total. The topological polar surface area (TPSA) is 86.3 Å². The summed E-state index contributed by atoms with van der Waals surface area (Å²) in [5.41, 5.74) is 0. The van der Waals surface area contributed by atoms with E-state index in [0.29, 0.717) is 6.54 Å². The summed E-state index contributed by atoms with van der Waals surface area (Å²) in [6, 6.07) is 0. The first-order chi connectivity index (χ1) is 6.62. The molecule has 0 saturated carbocycles. The van der Waals surface area contributed by atoms with Gasteiger partial charge in [-0.1, -0.05) is 0 Å². The summed E-state index contributed by atoms with van der Waals surface area (Å²) in [5, 5.41) is 1.97. The number of rotatable bonds is 6. The minimum atomic E-state index is -4.20. The van der Waals surface area contributed by atoms with E-state index in [0.717, 1.165) is 0 Å². The normalized spacial score (nSPS) is 12.5. The van der Waals surface area contributed by atoms with Gasteiger partial charge in [0.15, 0.2) is 6.67 Å². The Kier molecular flexibility index (Phi) is 5.12. The lowest BCUT2D eigenvalue weighted by molar-refractivity contribution is -0.892. The van der Waals surface area contributed by atoms with Crippen LogP contribution in [0.2, 0.25) is 0 Å². The first kappa shape index (κ1) is 14.3. The maximum absolute atomic E-state index is 11.8. The molecular weight excluding hydrogens is 227 g/mol. The molecule has 8 heteroatoms. The molecule has 0 aliphatic rings. The molecule has 0 heterocycles. The van der Waals surface area contributed by atoms with Gasteiger partial charge in [-0.05, 0) is 0 Å². The molecule has 0 rings (SSSR count). The van der Waals surface area contributed by atoms with Crippen molar-refractivity contribution < 1.29 is 26.6 Å². The summed E-state index contributed by atoms with van der Waals surface area (Å²) in [5.74, 6) is -0.446. The van der Waals surface area contributed by atoms with E-state index in [9.17, 15) is 22.2 Å². The van der Waals surface area contributed by atoms with Crippen LogP contribution < -0.4 is 5.32 Å². The van der Waals surface area contributed by atoms with E-state index in [2.05, 4.69) is 0 Å². The van der Waals surface area contributed by atoms with Crippen LogP contribution in [-0.4, -0.2) is 56.7 Å². The van der Waals surface area contributed by atoms with E-state index in [-0.39, 0.29) is 17.6 Å². The largest absolute Gasteiger partial charge is 0.748 e. The first-order valence-corrected chi connectivity index (χ1v) is 5.89. The van der Waals surface area contributed by atoms with Crippen LogP contribution in [0.1, 0.15) is 6.42 Å². The number of hydrogen-bond donors (Lipinski definition) is 1. The highest BCUT2D eigenvalue weighted by atomic mass is 32.2. The molecule has 1 amide bonds.